The third-order valence-corrected chi connectivity index (χ3v) is 4.27. The number of halogens is 1. The second kappa shape index (κ2) is 13.6. The van der Waals surface area contributed by atoms with Crippen LogP contribution in [0.3, 0.4) is 0 Å². The molecule has 1 rings (SSSR count). The Morgan fingerprint density at radius 3 is 2.43 bits per heavy atom. The first-order valence-corrected chi connectivity index (χ1v) is 9.72. The van der Waals surface area contributed by atoms with Crippen LogP contribution < -0.4 is 16.0 Å². The van der Waals surface area contributed by atoms with Gasteiger partial charge in [-0.2, -0.15) is 5.10 Å². The van der Waals surface area contributed by atoms with Crippen molar-refractivity contribution in [2.75, 3.05) is 19.7 Å². The molecule has 3 N–H and O–H groups in total. The van der Waals surface area contributed by atoms with E-state index in [4.69, 9.17) is 4.74 Å². The molecule has 0 radical (unpaired) electrons. The topological polar surface area (TPSA) is 92.6 Å². The zero-order valence-electron chi connectivity index (χ0n) is 18.3. The van der Waals surface area contributed by atoms with E-state index in [0.717, 1.165) is 35.9 Å². The lowest BCUT2D eigenvalue weighted by atomic mass is 10.0. The molecule has 0 spiro atoms. The highest BCUT2D eigenvalue weighted by Crippen LogP contribution is 2.12. The van der Waals surface area contributed by atoms with Gasteiger partial charge in [0.2, 0.25) is 0 Å². The minimum absolute atomic E-state index is 0. The van der Waals surface area contributed by atoms with Crippen molar-refractivity contribution in [1.82, 2.24) is 25.7 Å². The lowest BCUT2D eigenvalue weighted by molar-refractivity contribution is 0.146. The summed E-state index contributed by atoms with van der Waals surface area (Å²) in [5, 5.41) is 13.9. The average molecular weight is 508 g/mol. The molecule has 1 atom stereocenters. The van der Waals surface area contributed by atoms with E-state index in [2.05, 4.69) is 39.9 Å². The van der Waals surface area contributed by atoms with Crippen LogP contribution in [-0.2, 0) is 18.3 Å². The van der Waals surface area contributed by atoms with E-state index in [0.29, 0.717) is 25.6 Å². The number of carbonyl (C=O) groups is 1. The zero-order valence-corrected chi connectivity index (χ0v) is 20.6. The van der Waals surface area contributed by atoms with E-state index >= 15 is 0 Å². The molecular weight excluding hydrogens is 471 g/mol. The van der Waals surface area contributed by atoms with E-state index in [1.807, 2.05) is 32.5 Å². The molecule has 0 aliphatic heterocycles. The number of hydrogen-bond acceptors (Lipinski definition) is 4. The first-order valence-electron chi connectivity index (χ1n) is 9.72. The molecule has 0 saturated heterocycles. The van der Waals surface area contributed by atoms with Crippen molar-refractivity contribution in [2.24, 2.45) is 18.0 Å². The van der Waals surface area contributed by atoms with Crippen LogP contribution in [0.4, 0.5) is 4.79 Å². The van der Waals surface area contributed by atoms with Gasteiger partial charge in [0.25, 0.3) is 0 Å². The second-order valence-corrected chi connectivity index (χ2v) is 7.04. The van der Waals surface area contributed by atoms with Gasteiger partial charge < -0.3 is 20.7 Å². The molecule has 162 valence electrons. The molecule has 0 saturated carbocycles. The highest BCUT2D eigenvalue weighted by Gasteiger charge is 2.15. The van der Waals surface area contributed by atoms with E-state index in [1.165, 1.54) is 0 Å². The molecule has 0 aromatic carbocycles. The Kier molecular flexibility index (Phi) is 12.9. The maximum Gasteiger partial charge on any atom is 0.407 e. The van der Waals surface area contributed by atoms with Crippen LogP contribution in [0.2, 0.25) is 0 Å². The van der Waals surface area contributed by atoms with Crippen LogP contribution in [0, 0.1) is 19.8 Å². The van der Waals surface area contributed by atoms with E-state index in [1.54, 1.807) is 6.92 Å². The van der Waals surface area contributed by atoms with Gasteiger partial charge in [-0.1, -0.05) is 13.8 Å². The zero-order chi connectivity index (χ0) is 20.4. The number of nitrogens with zero attached hydrogens (tertiary/aromatic N) is 3. The molecule has 8 nitrogen and oxygen atoms in total. The van der Waals surface area contributed by atoms with Crippen LogP contribution in [-0.4, -0.2) is 47.6 Å². The molecular formula is C19H37IN6O2. The molecule has 0 aliphatic carbocycles. The Morgan fingerprint density at radius 1 is 1.25 bits per heavy atom. The Morgan fingerprint density at radius 2 is 1.93 bits per heavy atom. The smallest absolute Gasteiger partial charge is 0.407 e. The van der Waals surface area contributed by atoms with E-state index in [9.17, 15) is 4.79 Å². The van der Waals surface area contributed by atoms with Gasteiger partial charge in [-0.05, 0) is 40.0 Å². The number of carbonyl (C=O) groups excluding carboxylic acids is 1. The van der Waals surface area contributed by atoms with Gasteiger partial charge in [-0.25, -0.2) is 9.79 Å². The first-order chi connectivity index (χ1) is 12.8. The third-order valence-electron chi connectivity index (χ3n) is 4.27. The minimum Gasteiger partial charge on any atom is -0.450 e. The number of ether oxygens (including phenoxy) is 1. The molecule has 1 amide bonds. The number of hydrogen-bond donors (Lipinski definition) is 3. The van der Waals surface area contributed by atoms with Gasteiger partial charge >= 0.3 is 6.09 Å². The number of aryl methyl sites for hydroxylation is 2. The second-order valence-electron chi connectivity index (χ2n) is 7.04. The number of aromatic nitrogens is 2. The van der Waals surface area contributed by atoms with E-state index < -0.39 is 0 Å². The quantitative estimate of drug-likeness (QED) is 0.271. The fraction of sp³-hybridized carbons (Fsp3) is 0.737. The largest absolute Gasteiger partial charge is 0.450 e. The number of nitrogens with one attached hydrogen (secondary N) is 3. The molecule has 1 heterocycles. The standard InChI is InChI=1S/C19H36N6O2.HI/c1-8-20-18(22-12-17-14(5)24-25(7)15(17)6)21-11-16(10-13(3)4)23-19(26)27-9-2;/h13,16H,8-12H2,1-7H3,(H,23,26)(H2,20,21,22);1H. The molecule has 0 bridgehead atoms. The molecule has 1 aromatic rings. The van der Waals surface area contributed by atoms with Crippen LogP contribution in [0.25, 0.3) is 0 Å². The van der Waals surface area contributed by atoms with Crippen molar-refractivity contribution >= 4 is 36.0 Å². The summed E-state index contributed by atoms with van der Waals surface area (Å²) in [5.74, 6) is 1.18. The van der Waals surface area contributed by atoms with Crippen LogP contribution in [0.15, 0.2) is 4.99 Å². The molecule has 9 heteroatoms. The van der Waals surface area contributed by atoms with Gasteiger partial charge in [0.1, 0.15) is 0 Å². The fourth-order valence-electron chi connectivity index (χ4n) is 2.87. The summed E-state index contributed by atoms with van der Waals surface area (Å²) in [4.78, 5) is 16.5. The van der Waals surface area contributed by atoms with Gasteiger partial charge in [0, 0.05) is 37.4 Å². The monoisotopic (exact) mass is 508 g/mol. The van der Waals surface area contributed by atoms with Gasteiger partial charge in [-0.15, -0.1) is 24.0 Å². The normalized spacial score (nSPS) is 12.4. The third kappa shape index (κ3) is 9.11. The van der Waals surface area contributed by atoms with Crippen molar-refractivity contribution < 1.29 is 9.53 Å². The van der Waals surface area contributed by atoms with Crippen molar-refractivity contribution in [1.29, 1.82) is 0 Å². The van der Waals surface area contributed by atoms with Crippen molar-refractivity contribution in [3.8, 4) is 0 Å². The SMILES string of the molecule is CCNC(=NCc1c(C)nn(C)c1C)NCC(CC(C)C)NC(=O)OCC.I. The average Bonchev–Trinajstić information content (AvgIpc) is 2.82. The van der Waals surface area contributed by atoms with Crippen LogP contribution in [0.1, 0.15) is 51.1 Å². The van der Waals surface area contributed by atoms with Gasteiger partial charge in [0.15, 0.2) is 5.96 Å². The van der Waals surface area contributed by atoms with Crippen LogP contribution in [0.5, 0.6) is 0 Å². The fourth-order valence-corrected chi connectivity index (χ4v) is 2.87. The molecule has 0 aliphatic rings. The molecule has 1 aromatic heterocycles. The summed E-state index contributed by atoms with van der Waals surface area (Å²) in [6, 6.07) is -0.0326. The Labute approximate surface area is 186 Å². The first kappa shape index (κ1) is 26.5. The summed E-state index contributed by atoms with van der Waals surface area (Å²) in [7, 11) is 1.94. The number of rotatable bonds is 9. The summed E-state index contributed by atoms with van der Waals surface area (Å²) in [6.45, 7) is 14.4. The Hall–Kier alpha value is -1.52. The van der Waals surface area contributed by atoms with Crippen molar-refractivity contribution in [3.05, 3.63) is 17.0 Å². The summed E-state index contributed by atoms with van der Waals surface area (Å²) < 4.78 is 6.89. The Bertz CT molecular complexity index is 630. The van der Waals surface area contributed by atoms with Crippen LogP contribution >= 0.6 is 24.0 Å². The highest BCUT2D eigenvalue weighted by molar-refractivity contribution is 14.0. The number of alkyl carbamates (subject to hydrolysis) is 1. The predicted molar refractivity (Wildman–Crippen MR) is 124 cm³/mol. The summed E-state index contributed by atoms with van der Waals surface area (Å²) in [5.41, 5.74) is 3.25. The van der Waals surface area contributed by atoms with Gasteiger partial charge in [0.05, 0.1) is 18.8 Å². The number of guanidine groups is 1. The lowest BCUT2D eigenvalue weighted by Gasteiger charge is -2.22. The molecule has 28 heavy (non-hydrogen) atoms. The number of amides is 1. The van der Waals surface area contributed by atoms with Gasteiger partial charge in [-0.3, -0.25) is 4.68 Å². The summed E-state index contributed by atoms with van der Waals surface area (Å²) >= 11 is 0. The highest BCUT2D eigenvalue weighted by atomic mass is 127. The predicted octanol–water partition coefficient (Wildman–Crippen LogP) is 2.87. The Balaban J connectivity index is 0.00000729. The number of aliphatic imine (C=N–C) groups is 1. The maximum absolute atomic E-state index is 11.8. The summed E-state index contributed by atoms with van der Waals surface area (Å²) in [6.07, 6.45) is 0.472. The lowest BCUT2D eigenvalue weighted by Crippen LogP contribution is -2.47. The van der Waals surface area contributed by atoms with E-state index in [-0.39, 0.29) is 36.1 Å². The molecule has 0 fully saturated rings. The van der Waals surface area contributed by atoms with Crippen molar-refractivity contribution in [2.45, 2.75) is 60.5 Å². The maximum atomic E-state index is 11.8. The molecule has 1 unspecified atom stereocenters. The van der Waals surface area contributed by atoms with Crippen molar-refractivity contribution in [3.63, 3.8) is 0 Å². The minimum atomic E-state index is -0.381.